The van der Waals surface area contributed by atoms with Crippen molar-refractivity contribution in [1.29, 1.82) is 0 Å². The molecule has 1 saturated heterocycles. The Morgan fingerprint density at radius 3 is 2.95 bits per heavy atom. The van der Waals surface area contributed by atoms with Crippen LogP contribution in [0.5, 0.6) is 0 Å². The molecule has 0 amide bonds. The number of fused-ring (bicyclic) bond motifs is 2. The number of piperidine rings is 1. The van der Waals surface area contributed by atoms with E-state index in [-0.39, 0.29) is 0 Å². The standard InChI is InChI=1S/C18H24N2O/c1-13-10-11-20(16-8-4-2-6-14(13)16)12-18-19-15-7-3-5-9-17(15)21-18/h3,5,7,9,13-14,16H,2,4,6,8,10-12H2,1H3. The van der Waals surface area contributed by atoms with E-state index in [0.717, 1.165) is 41.4 Å². The van der Waals surface area contributed by atoms with Gasteiger partial charge in [-0.05, 0) is 49.8 Å². The molecule has 0 radical (unpaired) electrons. The van der Waals surface area contributed by atoms with E-state index in [9.17, 15) is 0 Å². The number of likely N-dealkylation sites (tertiary alicyclic amines) is 1. The van der Waals surface area contributed by atoms with Gasteiger partial charge in [-0.25, -0.2) is 4.98 Å². The van der Waals surface area contributed by atoms with Crippen LogP contribution in [0.25, 0.3) is 11.1 Å². The Morgan fingerprint density at radius 2 is 2.05 bits per heavy atom. The molecule has 2 fully saturated rings. The average Bonchev–Trinajstić information content (AvgIpc) is 2.93. The van der Waals surface area contributed by atoms with Crippen LogP contribution in [0.4, 0.5) is 0 Å². The van der Waals surface area contributed by atoms with Crippen LogP contribution in [0, 0.1) is 11.8 Å². The smallest absolute Gasteiger partial charge is 0.209 e. The topological polar surface area (TPSA) is 29.3 Å². The number of benzene rings is 1. The molecule has 0 bridgehead atoms. The summed E-state index contributed by atoms with van der Waals surface area (Å²) in [5.74, 6) is 2.65. The molecule has 0 N–H and O–H groups in total. The highest BCUT2D eigenvalue weighted by Gasteiger charge is 2.37. The minimum atomic E-state index is 0.748. The largest absolute Gasteiger partial charge is 0.439 e. The Labute approximate surface area is 126 Å². The van der Waals surface area contributed by atoms with Crippen molar-refractivity contribution < 1.29 is 4.42 Å². The Morgan fingerprint density at radius 1 is 1.19 bits per heavy atom. The molecule has 21 heavy (non-hydrogen) atoms. The van der Waals surface area contributed by atoms with E-state index in [0.29, 0.717) is 0 Å². The molecule has 2 aliphatic rings. The van der Waals surface area contributed by atoms with Crippen LogP contribution in [-0.2, 0) is 6.54 Å². The summed E-state index contributed by atoms with van der Waals surface area (Å²) >= 11 is 0. The van der Waals surface area contributed by atoms with Gasteiger partial charge in [-0.3, -0.25) is 4.90 Å². The number of hydrogen-bond acceptors (Lipinski definition) is 3. The molecular formula is C18H24N2O. The first kappa shape index (κ1) is 13.3. The molecule has 3 heteroatoms. The van der Waals surface area contributed by atoms with Gasteiger partial charge in [-0.15, -0.1) is 0 Å². The lowest BCUT2D eigenvalue weighted by Gasteiger charge is -2.47. The van der Waals surface area contributed by atoms with Crippen LogP contribution in [-0.4, -0.2) is 22.5 Å². The van der Waals surface area contributed by atoms with Crippen LogP contribution < -0.4 is 0 Å². The van der Waals surface area contributed by atoms with Crippen molar-refractivity contribution in [3.05, 3.63) is 30.2 Å². The van der Waals surface area contributed by atoms with Gasteiger partial charge in [0.15, 0.2) is 5.58 Å². The van der Waals surface area contributed by atoms with E-state index in [1.165, 1.54) is 38.6 Å². The Kier molecular flexibility index (Phi) is 3.46. The highest BCUT2D eigenvalue weighted by atomic mass is 16.3. The second-order valence-corrected chi connectivity index (χ2v) is 6.83. The fourth-order valence-electron chi connectivity index (χ4n) is 4.36. The quantitative estimate of drug-likeness (QED) is 0.826. The molecule has 1 aromatic heterocycles. The van der Waals surface area contributed by atoms with Crippen molar-refractivity contribution in [2.24, 2.45) is 11.8 Å². The van der Waals surface area contributed by atoms with Crippen molar-refractivity contribution in [2.75, 3.05) is 6.54 Å². The summed E-state index contributed by atoms with van der Waals surface area (Å²) in [6, 6.07) is 8.82. The summed E-state index contributed by atoms with van der Waals surface area (Å²) in [5, 5.41) is 0. The maximum absolute atomic E-state index is 5.92. The summed E-state index contributed by atoms with van der Waals surface area (Å²) in [6.07, 6.45) is 6.90. The molecule has 4 rings (SSSR count). The molecule has 1 aliphatic carbocycles. The predicted octanol–water partition coefficient (Wildman–Crippen LogP) is 4.23. The van der Waals surface area contributed by atoms with Crippen LogP contribution in [0.15, 0.2) is 28.7 Å². The van der Waals surface area contributed by atoms with Crippen molar-refractivity contribution in [3.63, 3.8) is 0 Å². The van der Waals surface area contributed by atoms with Crippen LogP contribution in [0.2, 0.25) is 0 Å². The molecule has 1 aliphatic heterocycles. The van der Waals surface area contributed by atoms with Gasteiger partial charge in [0, 0.05) is 6.04 Å². The van der Waals surface area contributed by atoms with E-state index in [4.69, 9.17) is 4.42 Å². The second kappa shape index (κ2) is 5.45. The van der Waals surface area contributed by atoms with Crippen LogP contribution in [0.3, 0.4) is 0 Å². The highest BCUT2D eigenvalue weighted by Crippen LogP contribution is 2.39. The van der Waals surface area contributed by atoms with Gasteiger partial charge in [0.2, 0.25) is 5.89 Å². The Hall–Kier alpha value is -1.35. The lowest BCUT2D eigenvalue weighted by atomic mass is 9.72. The van der Waals surface area contributed by atoms with Crippen LogP contribution in [0.1, 0.15) is 44.9 Å². The highest BCUT2D eigenvalue weighted by molar-refractivity contribution is 5.72. The number of aromatic nitrogens is 1. The van der Waals surface area contributed by atoms with E-state index < -0.39 is 0 Å². The summed E-state index contributed by atoms with van der Waals surface area (Å²) in [4.78, 5) is 7.29. The van der Waals surface area contributed by atoms with E-state index >= 15 is 0 Å². The van der Waals surface area contributed by atoms with E-state index in [1.807, 2.05) is 24.3 Å². The van der Waals surface area contributed by atoms with E-state index in [1.54, 1.807) is 0 Å². The number of rotatable bonds is 2. The summed E-state index contributed by atoms with van der Waals surface area (Å²) in [7, 11) is 0. The van der Waals surface area contributed by atoms with Gasteiger partial charge in [0.05, 0.1) is 6.54 Å². The summed E-state index contributed by atoms with van der Waals surface area (Å²) in [6.45, 7) is 4.52. The summed E-state index contributed by atoms with van der Waals surface area (Å²) in [5.41, 5.74) is 1.90. The summed E-state index contributed by atoms with van der Waals surface area (Å²) < 4.78 is 5.92. The number of para-hydroxylation sites is 2. The first-order valence-electron chi connectivity index (χ1n) is 8.40. The number of nitrogens with zero attached hydrogens (tertiary/aromatic N) is 2. The molecule has 3 unspecified atom stereocenters. The normalized spacial score (nSPS) is 30.4. The van der Waals surface area contributed by atoms with Crippen molar-refractivity contribution in [1.82, 2.24) is 9.88 Å². The maximum atomic E-state index is 5.92. The molecular weight excluding hydrogens is 260 g/mol. The van der Waals surface area contributed by atoms with Crippen molar-refractivity contribution in [2.45, 2.75) is 51.6 Å². The lowest BCUT2D eigenvalue weighted by molar-refractivity contribution is 0.0157. The second-order valence-electron chi connectivity index (χ2n) is 6.83. The molecule has 1 saturated carbocycles. The first-order valence-corrected chi connectivity index (χ1v) is 8.40. The molecule has 0 spiro atoms. The minimum absolute atomic E-state index is 0.748. The molecule has 2 aromatic rings. The van der Waals surface area contributed by atoms with Crippen molar-refractivity contribution >= 4 is 11.1 Å². The van der Waals surface area contributed by atoms with Crippen LogP contribution >= 0.6 is 0 Å². The van der Waals surface area contributed by atoms with Gasteiger partial charge in [0.1, 0.15) is 5.52 Å². The fraction of sp³-hybridized carbons (Fsp3) is 0.611. The van der Waals surface area contributed by atoms with Gasteiger partial charge in [-0.1, -0.05) is 31.9 Å². The first-order chi connectivity index (χ1) is 10.3. The SMILES string of the molecule is CC1CCN(Cc2nc3ccccc3o2)C2CCCCC12. The molecule has 2 heterocycles. The van der Waals surface area contributed by atoms with Crippen molar-refractivity contribution in [3.8, 4) is 0 Å². The monoisotopic (exact) mass is 284 g/mol. The zero-order valence-corrected chi connectivity index (χ0v) is 12.8. The van der Waals surface area contributed by atoms with Gasteiger partial charge in [0.25, 0.3) is 0 Å². The molecule has 112 valence electrons. The molecule has 3 atom stereocenters. The minimum Gasteiger partial charge on any atom is -0.439 e. The third-order valence-electron chi connectivity index (χ3n) is 5.53. The maximum Gasteiger partial charge on any atom is 0.209 e. The van der Waals surface area contributed by atoms with Gasteiger partial charge < -0.3 is 4.42 Å². The third kappa shape index (κ3) is 2.48. The zero-order chi connectivity index (χ0) is 14.2. The fourth-order valence-corrected chi connectivity index (χ4v) is 4.36. The van der Waals surface area contributed by atoms with Gasteiger partial charge >= 0.3 is 0 Å². The van der Waals surface area contributed by atoms with Gasteiger partial charge in [-0.2, -0.15) is 0 Å². The molecule has 3 nitrogen and oxygen atoms in total. The predicted molar refractivity (Wildman–Crippen MR) is 83.9 cm³/mol. The molecule has 1 aromatic carbocycles. The lowest BCUT2D eigenvalue weighted by Crippen LogP contribution is -2.49. The number of oxazole rings is 1. The Bertz CT molecular complexity index is 587. The van der Waals surface area contributed by atoms with E-state index in [2.05, 4.69) is 16.8 Å². The average molecular weight is 284 g/mol. The zero-order valence-electron chi connectivity index (χ0n) is 12.8. The third-order valence-corrected chi connectivity index (χ3v) is 5.53. The number of hydrogen-bond donors (Lipinski definition) is 0. The Balaban J connectivity index is 1.55.